The van der Waals surface area contributed by atoms with Crippen LogP contribution in [0.5, 0.6) is 5.75 Å². The lowest BCUT2D eigenvalue weighted by Gasteiger charge is -2.12. The molecule has 0 heterocycles. The third kappa shape index (κ3) is 3.39. The van der Waals surface area contributed by atoms with Crippen molar-refractivity contribution in [3.05, 3.63) is 29.8 Å². The zero-order valence-corrected chi connectivity index (χ0v) is 9.67. The molecular weight excluding hydrogens is 228 g/mol. The minimum absolute atomic E-state index is 0.229. The van der Waals surface area contributed by atoms with Gasteiger partial charge in [0.05, 0.1) is 0 Å². The Kier molecular flexibility index (Phi) is 4.29. The molecule has 1 atom stereocenters. The highest BCUT2D eigenvalue weighted by molar-refractivity contribution is 9.09. The van der Waals surface area contributed by atoms with E-state index in [1.54, 1.807) is 0 Å². The molecule has 0 radical (unpaired) electrons. The first-order valence-corrected chi connectivity index (χ1v) is 5.70. The zero-order valence-electron chi connectivity index (χ0n) is 8.09. The van der Waals surface area contributed by atoms with Gasteiger partial charge in [-0.2, -0.15) is 0 Å². The van der Waals surface area contributed by atoms with E-state index < -0.39 is 0 Å². The van der Waals surface area contributed by atoms with E-state index in [1.165, 1.54) is 5.56 Å². The fourth-order valence-electron chi connectivity index (χ4n) is 1.10. The maximum atomic E-state index is 5.66. The van der Waals surface area contributed by atoms with Crippen molar-refractivity contribution >= 4 is 15.9 Å². The topological polar surface area (TPSA) is 9.23 Å². The van der Waals surface area contributed by atoms with Gasteiger partial charge in [0.15, 0.2) is 0 Å². The number of ether oxygens (including phenoxy) is 1. The third-order valence-corrected chi connectivity index (χ3v) is 2.77. The van der Waals surface area contributed by atoms with Crippen molar-refractivity contribution in [2.45, 2.75) is 26.4 Å². The highest BCUT2D eigenvalue weighted by atomic mass is 79.9. The van der Waals surface area contributed by atoms with Crippen LogP contribution in [0, 0.1) is 0 Å². The Bertz CT molecular complexity index is 260. The van der Waals surface area contributed by atoms with Gasteiger partial charge < -0.3 is 4.74 Å². The maximum Gasteiger partial charge on any atom is 0.120 e. The van der Waals surface area contributed by atoms with Crippen LogP contribution >= 0.6 is 15.9 Å². The highest BCUT2D eigenvalue weighted by Gasteiger charge is 2.01. The van der Waals surface area contributed by atoms with E-state index in [9.17, 15) is 0 Å². The van der Waals surface area contributed by atoms with Gasteiger partial charge in [-0.25, -0.2) is 0 Å². The summed E-state index contributed by atoms with van der Waals surface area (Å²) in [6, 6.07) is 8.25. The molecule has 0 fully saturated rings. The summed E-state index contributed by atoms with van der Waals surface area (Å²) in [5.41, 5.74) is 1.32. The second-order valence-electron chi connectivity index (χ2n) is 3.08. The summed E-state index contributed by atoms with van der Waals surface area (Å²) >= 11 is 3.38. The number of hydrogen-bond donors (Lipinski definition) is 0. The monoisotopic (exact) mass is 242 g/mol. The van der Waals surface area contributed by atoms with Crippen molar-refractivity contribution in [3.8, 4) is 5.75 Å². The Morgan fingerprint density at radius 3 is 2.85 bits per heavy atom. The predicted octanol–water partition coefficient (Wildman–Crippen LogP) is 3.41. The van der Waals surface area contributed by atoms with Gasteiger partial charge in [-0.05, 0) is 31.0 Å². The van der Waals surface area contributed by atoms with Crippen molar-refractivity contribution in [2.75, 3.05) is 5.33 Å². The second-order valence-corrected chi connectivity index (χ2v) is 3.73. The second kappa shape index (κ2) is 5.28. The highest BCUT2D eigenvalue weighted by Crippen LogP contribution is 2.15. The summed E-state index contributed by atoms with van der Waals surface area (Å²) < 4.78 is 5.66. The summed E-state index contributed by atoms with van der Waals surface area (Å²) in [5, 5.41) is 0.864. The SMILES string of the molecule is CCc1cccc(OC(C)CBr)c1. The molecular formula is C11H15BrO. The molecule has 0 aliphatic rings. The Labute approximate surface area is 88.2 Å². The number of alkyl halides is 1. The largest absolute Gasteiger partial charge is 0.490 e. The molecule has 0 amide bonds. The minimum atomic E-state index is 0.229. The number of hydrogen-bond acceptors (Lipinski definition) is 1. The van der Waals surface area contributed by atoms with Crippen LogP contribution in [0.1, 0.15) is 19.4 Å². The smallest absolute Gasteiger partial charge is 0.120 e. The number of aryl methyl sites for hydroxylation is 1. The molecule has 0 aliphatic carbocycles. The molecule has 13 heavy (non-hydrogen) atoms. The Hall–Kier alpha value is -0.500. The first kappa shape index (κ1) is 10.6. The van der Waals surface area contributed by atoms with Crippen molar-refractivity contribution in [1.29, 1.82) is 0 Å². The van der Waals surface area contributed by atoms with Gasteiger partial charge in [0.1, 0.15) is 11.9 Å². The van der Waals surface area contributed by atoms with Crippen LogP contribution in [0.25, 0.3) is 0 Å². The van der Waals surface area contributed by atoms with E-state index >= 15 is 0 Å². The molecule has 1 unspecified atom stereocenters. The Balaban J connectivity index is 2.66. The van der Waals surface area contributed by atoms with Gasteiger partial charge in [0, 0.05) is 5.33 Å². The molecule has 1 rings (SSSR count). The van der Waals surface area contributed by atoms with Gasteiger partial charge in [-0.15, -0.1) is 0 Å². The third-order valence-electron chi connectivity index (χ3n) is 1.86. The van der Waals surface area contributed by atoms with Crippen molar-refractivity contribution in [2.24, 2.45) is 0 Å². The molecule has 1 aromatic rings. The molecule has 0 spiro atoms. The molecule has 0 aliphatic heterocycles. The van der Waals surface area contributed by atoms with Crippen LogP contribution in [0.15, 0.2) is 24.3 Å². The quantitative estimate of drug-likeness (QED) is 0.736. The van der Waals surface area contributed by atoms with E-state index in [1.807, 2.05) is 19.1 Å². The summed E-state index contributed by atoms with van der Waals surface area (Å²) in [4.78, 5) is 0. The summed E-state index contributed by atoms with van der Waals surface area (Å²) in [7, 11) is 0. The lowest BCUT2D eigenvalue weighted by atomic mass is 10.2. The van der Waals surface area contributed by atoms with Crippen molar-refractivity contribution in [3.63, 3.8) is 0 Å². The summed E-state index contributed by atoms with van der Waals surface area (Å²) in [5.74, 6) is 0.964. The summed E-state index contributed by atoms with van der Waals surface area (Å²) in [6.45, 7) is 4.19. The summed E-state index contributed by atoms with van der Waals surface area (Å²) in [6.07, 6.45) is 1.28. The molecule has 1 aromatic carbocycles. The minimum Gasteiger partial charge on any atom is -0.490 e. The van der Waals surface area contributed by atoms with Gasteiger partial charge in [-0.3, -0.25) is 0 Å². The van der Waals surface area contributed by atoms with E-state index in [0.29, 0.717) is 0 Å². The molecule has 0 aromatic heterocycles. The lowest BCUT2D eigenvalue weighted by molar-refractivity contribution is 0.248. The molecule has 72 valence electrons. The molecule has 0 bridgehead atoms. The fraction of sp³-hybridized carbons (Fsp3) is 0.455. The number of rotatable bonds is 4. The first-order valence-electron chi connectivity index (χ1n) is 4.57. The number of benzene rings is 1. The van der Waals surface area contributed by atoms with E-state index in [2.05, 4.69) is 35.0 Å². The molecule has 2 heteroatoms. The Morgan fingerprint density at radius 1 is 1.46 bits per heavy atom. The average molecular weight is 243 g/mol. The van der Waals surface area contributed by atoms with Crippen molar-refractivity contribution in [1.82, 2.24) is 0 Å². The van der Waals surface area contributed by atoms with Crippen LogP contribution < -0.4 is 4.74 Å². The molecule has 1 nitrogen and oxygen atoms in total. The van der Waals surface area contributed by atoms with Crippen LogP contribution in [0.2, 0.25) is 0 Å². The molecule has 0 saturated carbocycles. The first-order chi connectivity index (χ1) is 6.26. The van der Waals surface area contributed by atoms with Crippen LogP contribution in [0.4, 0.5) is 0 Å². The maximum absolute atomic E-state index is 5.66. The lowest BCUT2D eigenvalue weighted by Crippen LogP contribution is -2.12. The zero-order chi connectivity index (χ0) is 9.68. The van der Waals surface area contributed by atoms with Crippen LogP contribution in [-0.4, -0.2) is 11.4 Å². The normalized spacial score (nSPS) is 12.5. The van der Waals surface area contributed by atoms with Crippen molar-refractivity contribution < 1.29 is 4.74 Å². The van der Waals surface area contributed by atoms with Crippen LogP contribution in [0.3, 0.4) is 0 Å². The van der Waals surface area contributed by atoms with Gasteiger partial charge in [0.25, 0.3) is 0 Å². The van der Waals surface area contributed by atoms with Crippen LogP contribution in [-0.2, 0) is 6.42 Å². The standard InChI is InChI=1S/C11H15BrO/c1-3-10-5-4-6-11(7-10)13-9(2)8-12/h4-7,9H,3,8H2,1-2H3. The average Bonchev–Trinajstić information content (AvgIpc) is 2.18. The van der Waals surface area contributed by atoms with Gasteiger partial charge in [-0.1, -0.05) is 35.0 Å². The van der Waals surface area contributed by atoms with E-state index in [-0.39, 0.29) is 6.10 Å². The van der Waals surface area contributed by atoms with E-state index in [0.717, 1.165) is 17.5 Å². The van der Waals surface area contributed by atoms with Gasteiger partial charge in [0.2, 0.25) is 0 Å². The molecule has 0 saturated heterocycles. The molecule has 0 N–H and O–H groups in total. The fourth-order valence-corrected chi connectivity index (χ4v) is 1.23. The predicted molar refractivity (Wildman–Crippen MR) is 59.7 cm³/mol. The van der Waals surface area contributed by atoms with E-state index in [4.69, 9.17) is 4.74 Å². The number of halogens is 1. The Morgan fingerprint density at radius 2 is 2.23 bits per heavy atom. The van der Waals surface area contributed by atoms with Gasteiger partial charge >= 0.3 is 0 Å².